The van der Waals surface area contributed by atoms with Crippen LogP contribution in [0.15, 0.2) is 24.3 Å². The number of halogens is 6. The maximum Gasteiger partial charge on any atom is 0.425 e. The number of unbranched alkanes of at least 4 members (excludes halogenated alkanes) is 3. The minimum Gasteiger partial charge on any atom is -0.462 e. The summed E-state index contributed by atoms with van der Waals surface area (Å²) in [6.07, 6.45) is -6.59. The molecule has 1 atom stereocenters. The molecule has 0 radical (unpaired) electrons. The highest BCUT2D eigenvalue weighted by Gasteiger charge is 2.57. The Hall–Kier alpha value is -2.26. The van der Waals surface area contributed by atoms with E-state index in [9.17, 15) is 35.9 Å². The first-order chi connectivity index (χ1) is 13.0. The molecule has 0 N–H and O–H groups in total. The van der Waals surface area contributed by atoms with E-state index in [4.69, 9.17) is 4.74 Å². The Bertz CT molecular complexity index is 642. The maximum atomic E-state index is 13.1. The average molecular weight is 414 g/mol. The molecular formula is C18H20F6O4. The molecule has 0 saturated carbocycles. The summed E-state index contributed by atoms with van der Waals surface area (Å²) in [5.74, 6) is -6.95. The van der Waals surface area contributed by atoms with Gasteiger partial charge in [0.1, 0.15) is 0 Å². The van der Waals surface area contributed by atoms with Crippen molar-refractivity contribution >= 4 is 11.9 Å². The molecule has 10 heteroatoms. The molecule has 0 aliphatic rings. The zero-order valence-corrected chi connectivity index (χ0v) is 15.0. The van der Waals surface area contributed by atoms with Crippen molar-refractivity contribution in [3.63, 3.8) is 0 Å². The topological polar surface area (TPSA) is 52.6 Å². The highest BCUT2D eigenvalue weighted by Crippen LogP contribution is 2.35. The van der Waals surface area contributed by atoms with E-state index >= 15 is 0 Å². The Kier molecular flexibility index (Phi) is 8.77. The van der Waals surface area contributed by atoms with Crippen LogP contribution in [-0.2, 0) is 9.47 Å². The quantitative estimate of drug-likeness (QED) is 0.303. The fourth-order valence-corrected chi connectivity index (χ4v) is 2.08. The number of esters is 2. The van der Waals surface area contributed by atoms with Gasteiger partial charge in [-0.05, 0) is 30.7 Å². The van der Waals surface area contributed by atoms with Crippen LogP contribution in [0.5, 0.6) is 0 Å². The Balaban J connectivity index is 2.56. The largest absolute Gasteiger partial charge is 0.462 e. The van der Waals surface area contributed by atoms with Crippen molar-refractivity contribution in [2.45, 2.75) is 50.9 Å². The number of alkyl halides is 6. The van der Waals surface area contributed by atoms with E-state index < -0.39 is 36.8 Å². The Labute approximate surface area is 157 Å². The minimum absolute atomic E-state index is 0.0956. The van der Waals surface area contributed by atoms with E-state index in [1.165, 1.54) is 12.1 Å². The lowest BCUT2D eigenvalue weighted by Gasteiger charge is -2.22. The SMILES string of the molecule is CCCCCCOC(=O)c1ccc(C(=O)OCC(F)(F)C(F)C(F)(F)F)cc1. The third kappa shape index (κ3) is 7.40. The van der Waals surface area contributed by atoms with Gasteiger partial charge in [-0.3, -0.25) is 0 Å². The van der Waals surface area contributed by atoms with Crippen LogP contribution >= 0.6 is 0 Å². The molecule has 0 aromatic heterocycles. The Morgan fingerprint density at radius 1 is 0.893 bits per heavy atom. The zero-order chi connectivity index (χ0) is 21.4. The third-order valence-corrected chi connectivity index (χ3v) is 3.64. The molecule has 0 spiro atoms. The fourth-order valence-electron chi connectivity index (χ4n) is 2.08. The summed E-state index contributed by atoms with van der Waals surface area (Å²) in [5, 5.41) is 0. The molecule has 1 unspecified atom stereocenters. The first-order valence-corrected chi connectivity index (χ1v) is 8.52. The Morgan fingerprint density at radius 3 is 1.86 bits per heavy atom. The number of rotatable bonds is 10. The molecule has 0 aliphatic heterocycles. The molecule has 0 aliphatic carbocycles. The van der Waals surface area contributed by atoms with Crippen molar-refractivity contribution in [3.8, 4) is 0 Å². The van der Waals surface area contributed by atoms with Crippen molar-refractivity contribution in [2.75, 3.05) is 13.2 Å². The molecule has 1 rings (SSSR count). The Morgan fingerprint density at radius 2 is 1.39 bits per heavy atom. The van der Waals surface area contributed by atoms with E-state index in [-0.39, 0.29) is 17.7 Å². The van der Waals surface area contributed by atoms with Crippen LogP contribution < -0.4 is 0 Å². The van der Waals surface area contributed by atoms with E-state index in [2.05, 4.69) is 4.74 Å². The zero-order valence-electron chi connectivity index (χ0n) is 15.0. The molecule has 0 saturated heterocycles. The number of ether oxygens (including phenoxy) is 2. The number of hydrogen-bond donors (Lipinski definition) is 0. The fraction of sp³-hybridized carbons (Fsp3) is 0.556. The second-order valence-corrected chi connectivity index (χ2v) is 6.02. The summed E-state index contributed by atoms with van der Waals surface area (Å²) in [4.78, 5) is 23.4. The summed E-state index contributed by atoms with van der Waals surface area (Å²) in [5.41, 5.74) is -0.198. The predicted octanol–water partition coefficient (Wildman–Crippen LogP) is 5.12. The van der Waals surface area contributed by atoms with E-state index in [0.717, 1.165) is 31.4 Å². The lowest BCUT2D eigenvalue weighted by Crippen LogP contribution is -2.45. The average Bonchev–Trinajstić information content (AvgIpc) is 2.64. The van der Waals surface area contributed by atoms with E-state index in [1.54, 1.807) is 0 Å². The van der Waals surface area contributed by atoms with Crippen molar-refractivity contribution in [3.05, 3.63) is 35.4 Å². The van der Waals surface area contributed by atoms with Gasteiger partial charge < -0.3 is 9.47 Å². The summed E-state index contributed by atoms with van der Waals surface area (Å²) < 4.78 is 84.1. The number of carbonyl (C=O) groups is 2. The second kappa shape index (κ2) is 10.3. The van der Waals surface area contributed by atoms with Gasteiger partial charge in [0.25, 0.3) is 6.17 Å². The summed E-state index contributed by atoms with van der Waals surface area (Å²) >= 11 is 0. The van der Waals surface area contributed by atoms with Crippen molar-refractivity contribution in [2.24, 2.45) is 0 Å². The highest BCUT2D eigenvalue weighted by atomic mass is 19.4. The van der Waals surface area contributed by atoms with Crippen LogP contribution in [-0.4, -0.2) is 43.4 Å². The van der Waals surface area contributed by atoms with Crippen LogP contribution in [0, 0.1) is 0 Å². The van der Waals surface area contributed by atoms with E-state index in [0.29, 0.717) is 6.42 Å². The van der Waals surface area contributed by atoms with Crippen molar-refractivity contribution in [1.82, 2.24) is 0 Å². The van der Waals surface area contributed by atoms with Crippen LogP contribution in [0.2, 0.25) is 0 Å². The minimum atomic E-state index is -5.78. The van der Waals surface area contributed by atoms with Gasteiger partial charge in [-0.2, -0.15) is 22.0 Å². The van der Waals surface area contributed by atoms with Gasteiger partial charge in [0.2, 0.25) is 0 Å². The molecule has 4 nitrogen and oxygen atoms in total. The van der Waals surface area contributed by atoms with Gasteiger partial charge in [-0.1, -0.05) is 26.2 Å². The van der Waals surface area contributed by atoms with Gasteiger partial charge in [-0.25, -0.2) is 14.0 Å². The lowest BCUT2D eigenvalue weighted by molar-refractivity contribution is -0.251. The lowest BCUT2D eigenvalue weighted by atomic mass is 10.1. The maximum absolute atomic E-state index is 13.1. The summed E-state index contributed by atoms with van der Waals surface area (Å²) in [6, 6.07) is 4.48. The van der Waals surface area contributed by atoms with Gasteiger partial charge in [0.05, 0.1) is 17.7 Å². The van der Waals surface area contributed by atoms with Crippen LogP contribution in [0.4, 0.5) is 26.3 Å². The highest BCUT2D eigenvalue weighted by molar-refractivity contribution is 5.93. The predicted molar refractivity (Wildman–Crippen MR) is 87.0 cm³/mol. The molecular weight excluding hydrogens is 394 g/mol. The summed E-state index contributed by atoms with van der Waals surface area (Å²) in [6.45, 7) is 0.182. The van der Waals surface area contributed by atoms with Gasteiger partial charge >= 0.3 is 24.0 Å². The molecule has 28 heavy (non-hydrogen) atoms. The third-order valence-electron chi connectivity index (χ3n) is 3.64. The normalized spacial score (nSPS) is 13.1. The number of carbonyl (C=O) groups excluding carboxylic acids is 2. The number of hydrogen-bond acceptors (Lipinski definition) is 4. The molecule has 0 fully saturated rings. The second-order valence-electron chi connectivity index (χ2n) is 6.02. The molecule has 0 amide bonds. The molecule has 1 aromatic carbocycles. The van der Waals surface area contributed by atoms with Crippen LogP contribution in [0.25, 0.3) is 0 Å². The number of benzene rings is 1. The summed E-state index contributed by atoms with van der Waals surface area (Å²) in [7, 11) is 0. The van der Waals surface area contributed by atoms with E-state index in [1.807, 2.05) is 6.92 Å². The molecule has 1 aromatic rings. The van der Waals surface area contributed by atoms with Crippen LogP contribution in [0.1, 0.15) is 53.3 Å². The first-order valence-electron chi connectivity index (χ1n) is 8.52. The van der Waals surface area contributed by atoms with Crippen molar-refractivity contribution in [1.29, 1.82) is 0 Å². The van der Waals surface area contributed by atoms with Gasteiger partial charge in [-0.15, -0.1) is 0 Å². The molecule has 0 bridgehead atoms. The van der Waals surface area contributed by atoms with Crippen molar-refractivity contribution < 1.29 is 45.4 Å². The standard InChI is InChI=1S/C18H20F6O4/c1-2-3-4-5-10-27-14(25)12-6-8-13(9-7-12)15(26)28-11-17(20,21)16(19)18(22,23)24/h6-9,16H,2-5,10-11H2,1H3. The van der Waals surface area contributed by atoms with Gasteiger partial charge in [0.15, 0.2) is 6.61 Å². The monoisotopic (exact) mass is 414 g/mol. The first kappa shape index (κ1) is 23.8. The molecule has 158 valence electrons. The molecule has 0 heterocycles. The smallest absolute Gasteiger partial charge is 0.425 e. The van der Waals surface area contributed by atoms with Crippen LogP contribution in [0.3, 0.4) is 0 Å². The van der Waals surface area contributed by atoms with Gasteiger partial charge in [0, 0.05) is 0 Å².